The lowest BCUT2D eigenvalue weighted by molar-refractivity contribution is -0.124. The Labute approximate surface area is 93.2 Å². The van der Waals surface area contributed by atoms with Gasteiger partial charge >= 0.3 is 6.03 Å². The van der Waals surface area contributed by atoms with Crippen molar-refractivity contribution >= 4 is 11.9 Å². The molecule has 6 heteroatoms. The van der Waals surface area contributed by atoms with E-state index in [1.54, 1.807) is 24.4 Å². The average Bonchev–Trinajstić information content (AvgIpc) is 2.56. The van der Waals surface area contributed by atoms with E-state index in [4.69, 9.17) is 5.73 Å². The number of pyridine rings is 1. The van der Waals surface area contributed by atoms with Crippen LogP contribution in [0.1, 0.15) is 13.1 Å². The molecule has 2 heterocycles. The van der Waals surface area contributed by atoms with Crippen molar-refractivity contribution < 1.29 is 9.59 Å². The summed E-state index contributed by atoms with van der Waals surface area (Å²) in [6.45, 7) is -0.0262. The summed E-state index contributed by atoms with van der Waals surface area (Å²) in [5.41, 5.74) is 4.75. The second-order valence-electron chi connectivity index (χ2n) is 3.23. The number of hydrogen-bond donors (Lipinski definition) is 3. The Bertz CT molecular complexity index is 407. The Morgan fingerprint density at radius 1 is 1.38 bits per heavy atom. The van der Waals surface area contributed by atoms with Crippen molar-refractivity contribution in [1.29, 1.82) is 0 Å². The number of aromatic nitrogens is 1. The highest BCUT2D eigenvalue weighted by atomic mass is 16.2. The second kappa shape index (κ2) is 4.28. The number of urea groups is 1. The maximum atomic E-state index is 11.6. The number of imide groups is 1. The molecule has 86 valence electrons. The molecule has 0 spiro atoms. The number of rotatable bonds is 2. The summed E-state index contributed by atoms with van der Waals surface area (Å²) in [4.78, 5) is 26.7. The lowest BCUT2D eigenvalue weighted by Gasteiger charge is -2.22. The predicted molar refractivity (Wildman–Crippen MR) is 58.4 cm³/mol. The molecule has 2 rings (SSSR count). The minimum absolute atomic E-state index is 0. The van der Waals surface area contributed by atoms with Gasteiger partial charge in [-0.25, -0.2) is 4.79 Å². The van der Waals surface area contributed by atoms with E-state index in [1.807, 2.05) is 0 Å². The van der Waals surface area contributed by atoms with E-state index in [0.717, 1.165) is 0 Å². The van der Waals surface area contributed by atoms with Crippen molar-refractivity contribution in [2.75, 3.05) is 6.54 Å². The van der Waals surface area contributed by atoms with E-state index in [9.17, 15) is 9.59 Å². The fourth-order valence-corrected chi connectivity index (χ4v) is 1.54. The third-order valence-corrected chi connectivity index (χ3v) is 2.35. The molecule has 1 fully saturated rings. The van der Waals surface area contributed by atoms with Crippen LogP contribution in [0.25, 0.3) is 0 Å². The Balaban J connectivity index is 0.00000128. The maximum absolute atomic E-state index is 11.6. The quantitative estimate of drug-likeness (QED) is 0.599. The van der Waals surface area contributed by atoms with E-state index in [1.165, 1.54) is 0 Å². The van der Waals surface area contributed by atoms with Crippen LogP contribution in [-0.4, -0.2) is 23.5 Å². The monoisotopic (exact) mass is 222 g/mol. The topological polar surface area (TPSA) is 97.1 Å². The standard InChI is InChI=1S/C9H10N4O2.CH4/c10-5-9(6-3-1-2-4-11-6)7(14)12-8(15)13-9;/h1-4H,5,10H2,(H2,12,13,14,15);1H4. The number of amides is 3. The highest BCUT2D eigenvalue weighted by molar-refractivity contribution is 6.07. The number of nitrogens with zero attached hydrogens (tertiary/aromatic N) is 1. The Morgan fingerprint density at radius 2 is 2.12 bits per heavy atom. The maximum Gasteiger partial charge on any atom is 0.322 e. The van der Waals surface area contributed by atoms with Gasteiger partial charge in [0.25, 0.3) is 5.91 Å². The number of nitrogens with two attached hydrogens (primary N) is 1. The van der Waals surface area contributed by atoms with Gasteiger partial charge in [0.05, 0.1) is 5.69 Å². The zero-order valence-electron chi connectivity index (χ0n) is 7.86. The third kappa shape index (κ3) is 1.63. The first-order valence-corrected chi connectivity index (χ1v) is 4.44. The van der Waals surface area contributed by atoms with Crippen LogP contribution in [0.5, 0.6) is 0 Å². The summed E-state index contributed by atoms with van der Waals surface area (Å²) >= 11 is 0. The van der Waals surface area contributed by atoms with Crippen LogP contribution in [0.3, 0.4) is 0 Å². The summed E-state index contributed by atoms with van der Waals surface area (Å²) in [5.74, 6) is -0.464. The zero-order chi connectivity index (χ0) is 10.9. The van der Waals surface area contributed by atoms with Crippen LogP contribution < -0.4 is 16.4 Å². The van der Waals surface area contributed by atoms with E-state index < -0.39 is 17.5 Å². The Morgan fingerprint density at radius 3 is 2.56 bits per heavy atom. The molecule has 1 aromatic heterocycles. The van der Waals surface area contributed by atoms with Crippen LogP contribution in [0.2, 0.25) is 0 Å². The first-order valence-electron chi connectivity index (χ1n) is 4.44. The Hall–Kier alpha value is -1.95. The van der Waals surface area contributed by atoms with Crippen molar-refractivity contribution in [2.45, 2.75) is 13.0 Å². The normalized spacial score (nSPS) is 23.3. The number of carbonyl (C=O) groups is 2. The Kier molecular flexibility index (Phi) is 3.24. The number of carbonyl (C=O) groups excluding carboxylic acids is 2. The molecule has 1 saturated heterocycles. The molecule has 6 nitrogen and oxygen atoms in total. The lowest BCUT2D eigenvalue weighted by atomic mass is 9.95. The highest BCUT2D eigenvalue weighted by Crippen LogP contribution is 2.21. The molecule has 0 bridgehead atoms. The van der Waals surface area contributed by atoms with Gasteiger partial charge in [0, 0.05) is 12.7 Å². The molecule has 0 aromatic carbocycles. The van der Waals surface area contributed by atoms with Gasteiger partial charge in [-0.3, -0.25) is 15.1 Å². The predicted octanol–water partition coefficient (Wildman–Crippen LogP) is -0.289. The summed E-state index contributed by atoms with van der Waals surface area (Å²) in [5, 5.41) is 4.64. The molecule has 0 saturated carbocycles. The van der Waals surface area contributed by atoms with Crippen LogP contribution in [0.15, 0.2) is 24.4 Å². The zero-order valence-corrected chi connectivity index (χ0v) is 7.86. The molecule has 1 aliphatic heterocycles. The average molecular weight is 222 g/mol. The second-order valence-corrected chi connectivity index (χ2v) is 3.23. The van der Waals surface area contributed by atoms with Crippen molar-refractivity contribution in [2.24, 2.45) is 5.73 Å². The molecule has 1 aromatic rings. The van der Waals surface area contributed by atoms with E-state index in [-0.39, 0.29) is 14.0 Å². The van der Waals surface area contributed by atoms with E-state index in [0.29, 0.717) is 5.69 Å². The van der Waals surface area contributed by atoms with E-state index >= 15 is 0 Å². The minimum atomic E-state index is -1.22. The summed E-state index contributed by atoms with van der Waals surface area (Å²) in [6.07, 6.45) is 1.55. The van der Waals surface area contributed by atoms with Crippen molar-refractivity contribution in [3.8, 4) is 0 Å². The molecule has 1 aliphatic rings. The highest BCUT2D eigenvalue weighted by Gasteiger charge is 2.47. The van der Waals surface area contributed by atoms with Gasteiger partial charge in [-0.05, 0) is 12.1 Å². The van der Waals surface area contributed by atoms with Gasteiger partial charge in [0.15, 0.2) is 5.54 Å². The molecule has 3 amide bonds. The molecular formula is C10H14N4O2. The number of hydrogen-bond acceptors (Lipinski definition) is 4. The first-order chi connectivity index (χ1) is 7.19. The van der Waals surface area contributed by atoms with Crippen molar-refractivity contribution in [3.63, 3.8) is 0 Å². The van der Waals surface area contributed by atoms with Gasteiger partial charge in [-0.15, -0.1) is 0 Å². The molecule has 16 heavy (non-hydrogen) atoms. The molecule has 0 radical (unpaired) electrons. The van der Waals surface area contributed by atoms with Gasteiger partial charge in [-0.2, -0.15) is 0 Å². The molecule has 1 atom stereocenters. The number of nitrogens with one attached hydrogen (secondary N) is 2. The summed E-state index contributed by atoms with van der Waals surface area (Å²) < 4.78 is 0. The SMILES string of the molecule is C.NCC1(c2ccccn2)NC(=O)NC1=O. The minimum Gasteiger partial charge on any atom is -0.327 e. The molecule has 4 N–H and O–H groups in total. The fourth-order valence-electron chi connectivity index (χ4n) is 1.54. The van der Waals surface area contributed by atoms with Gasteiger partial charge in [0.2, 0.25) is 0 Å². The van der Waals surface area contributed by atoms with Crippen LogP contribution in [-0.2, 0) is 10.3 Å². The summed E-state index contributed by atoms with van der Waals surface area (Å²) in [6, 6.07) is 4.56. The van der Waals surface area contributed by atoms with E-state index in [2.05, 4.69) is 15.6 Å². The van der Waals surface area contributed by atoms with Crippen molar-refractivity contribution in [3.05, 3.63) is 30.1 Å². The molecule has 1 unspecified atom stereocenters. The van der Waals surface area contributed by atoms with Gasteiger partial charge in [0.1, 0.15) is 0 Å². The fraction of sp³-hybridized carbons (Fsp3) is 0.300. The van der Waals surface area contributed by atoms with Crippen molar-refractivity contribution in [1.82, 2.24) is 15.6 Å². The molecular weight excluding hydrogens is 208 g/mol. The van der Waals surface area contributed by atoms with Gasteiger partial charge in [-0.1, -0.05) is 13.5 Å². The first kappa shape index (κ1) is 12.1. The van der Waals surface area contributed by atoms with Crippen LogP contribution in [0.4, 0.5) is 4.79 Å². The van der Waals surface area contributed by atoms with Crippen LogP contribution in [0, 0.1) is 0 Å². The lowest BCUT2D eigenvalue weighted by Crippen LogP contribution is -2.50. The molecule has 0 aliphatic carbocycles. The summed E-state index contributed by atoms with van der Waals surface area (Å²) in [7, 11) is 0. The third-order valence-electron chi connectivity index (χ3n) is 2.35. The van der Waals surface area contributed by atoms with Crippen LogP contribution >= 0.6 is 0 Å². The van der Waals surface area contributed by atoms with Gasteiger partial charge < -0.3 is 11.1 Å². The largest absolute Gasteiger partial charge is 0.327 e. The smallest absolute Gasteiger partial charge is 0.322 e.